The van der Waals surface area contributed by atoms with Crippen LogP contribution in [0.1, 0.15) is 48.2 Å². The summed E-state index contributed by atoms with van der Waals surface area (Å²) in [6.07, 6.45) is 7.62. The van der Waals surface area contributed by atoms with Crippen molar-refractivity contribution in [2.75, 3.05) is 26.3 Å². The van der Waals surface area contributed by atoms with Crippen LogP contribution in [0, 0.1) is 6.92 Å². The van der Waals surface area contributed by atoms with Crippen molar-refractivity contribution in [3.05, 3.63) is 47.8 Å². The van der Waals surface area contributed by atoms with Gasteiger partial charge in [-0.2, -0.15) is 5.10 Å². The van der Waals surface area contributed by atoms with Gasteiger partial charge in [0.25, 0.3) is 5.91 Å². The summed E-state index contributed by atoms with van der Waals surface area (Å²) in [6.45, 7) is 4.91. The van der Waals surface area contributed by atoms with Crippen molar-refractivity contribution in [1.82, 2.24) is 14.7 Å². The summed E-state index contributed by atoms with van der Waals surface area (Å²) in [7, 11) is 0. The zero-order valence-electron chi connectivity index (χ0n) is 16.5. The molecule has 1 aromatic carbocycles. The lowest BCUT2D eigenvalue weighted by Crippen LogP contribution is -2.42. The van der Waals surface area contributed by atoms with Gasteiger partial charge in [0.2, 0.25) is 0 Å². The second-order valence-corrected chi connectivity index (χ2v) is 7.75. The summed E-state index contributed by atoms with van der Waals surface area (Å²) in [5, 5.41) is 4.55. The van der Waals surface area contributed by atoms with Crippen LogP contribution in [0.3, 0.4) is 0 Å². The molecule has 28 heavy (non-hydrogen) atoms. The molecule has 3 heterocycles. The monoisotopic (exact) mass is 383 g/mol. The Morgan fingerprint density at radius 3 is 2.68 bits per heavy atom. The molecule has 0 aliphatic carbocycles. The smallest absolute Gasteiger partial charge is 0.274 e. The molecule has 0 N–H and O–H groups in total. The fourth-order valence-electron chi connectivity index (χ4n) is 3.94. The molecule has 1 unspecified atom stereocenters. The van der Waals surface area contributed by atoms with E-state index >= 15 is 0 Å². The molecule has 2 aliphatic heterocycles. The second kappa shape index (κ2) is 8.88. The first kappa shape index (κ1) is 19.2. The van der Waals surface area contributed by atoms with Gasteiger partial charge < -0.3 is 14.4 Å². The number of likely N-dealkylation sites (tertiary alicyclic amines) is 1. The van der Waals surface area contributed by atoms with Crippen LogP contribution in [-0.4, -0.2) is 59.1 Å². The summed E-state index contributed by atoms with van der Waals surface area (Å²) in [6, 6.07) is 9.88. The lowest BCUT2D eigenvalue weighted by atomic mass is 10.1. The molecule has 0 bridgehead atoms. The van der Waals surface area contributed by atoms with Crippen molar-refractivity contribution in [1.29, 1.82) is 0 Å². The first-order valence-electron chi connectivity index (χ1n) is 10.3. The van der Waals surface area contributed by atoms with E-state index in [1.807, 2.05) is 48.4 Å². The van der Waals surface area contributed by atoms with Gasteiger partial charge in [-0.25, -0.2) is 4.68 Å². The third-order valence-electron chi connectivity index (χ3n) is 5.64. The fourth-order valence-corrected chi connectivity index (χ4v) is 3.94. The van der Waals surface area contributed by atoms with Crippen LogP contribution in [0.25, 0.3) is 5.69 Å². The third-order valence-corrected chi connectivity index (χ3v) is 5.64. The number of carbonyl (C=O) groups is 1. The molecule has 0 radical (unpaired) electrons. The minimum absolute atomic E-state index is 0.0150. The number of nitrogens with zero attached hydrogens (tertiary/aromatic N) is 3. The standard InChI is InChI=1S/C22H29N3O3/c1-17-15-25(18-7-3-2-4-8-18)23-21(17)22(26)24-12-10-19(11-13-24)28-16-20-9-5-6-14-27-20/h2-4,7-8,15,19-20H,5-6,9-14,16H2,1H3. The Morgan fingerprint density at radius 1 is 1.18 bits per heavy atom. The number of carbonyl (C=O) groups excluding carboxylic acids is 1. The number of hydrogen-bond acceptors (Lipinski definition) is 4. The van der Waals surface area contributed by atoms with Gasteiger partial charge in [0.15, 0.2) is 5.69 Å². The maximum atomic E-state index is 13.0. The molecule has 1 aromatic heterocycles. The molecule has 0 spiro atoms. The summed E-state index contributed by atoms with van der Waals surface area (Å²) >= 11 is 0. The Labute approximate surface area is 166 Å². The fraction of sp³-hybridized carbons (Fsp3) is 0.545. The Hall–Kier alpha value is -2.18. The van der Waals surface area contributed by atoms with E-state index in [9.17, 15) is 4.79 Å². The highest BCUT2D eigenvalue weighted by Crippen LogP contribution is 2.20. The Balaban J connectivity index is 1.31. The molecule has 1 amide bonds. The first-order valence-corrected chi connectivity index (χ1v) is 10.3. The first-order chi connectivity index (χ1) is 13.7. The third kappa shape index (κ3) is 4.45. The molecule has 2 saturated heterocycles. The zero-order chi connectivity index (χ0) is 19.3. The number of para-hydroxylation sites is 1. The van der Waals surface area contributed by atoms with Gasteiger partial charge >= 0.3 is 0 Å². The molecule has 150 valence electrons. The van der Waals surface area contributed by atoms with Gasteiger partial charge in [-0.3, -0.25) is 4.79 Å². The van der Waals surface area contributed by atoms with Crippen molar-refractivity contribution in [3.8, 4) is 5.69 Å². The topological polar surface area (TPSA) is 56.6 Å². The quantitative estimate of drug-likeness (QED) is 0.794. The van der Waals surface area contributed by atoms with E-state index in [-0.39, 0.29) is 18.1 Å². The van der Waals surface area contributed by atoms with Crippen molar-refractivity contribution in [2.24, 2.45) is 0 Å². The zero-order valence-corrected chi connectivity index (χ0v) is 16.5. The van der Waals surface area contributed by atoms with Crippen LogP contribution < -0.4 is 0 Å². The lowest BCUT2D eigenvalue weighted by Gasteiger charge is -2.33. The van der Waals surface area contributed by atoms with Crippen molar-refractivity contribution in [3.63, 3.8) is 0 Å². The number of ether oxygens (including phenoxy) is 2. The summed E-state index contributed by atoms with van der Waals surface area (Å²) in [5.41, 5.74) is 2.40. The minimum Gasteiger partial charge on any atom is -0.376 e. The summed E-state index contributed by atoms with van der Waals surface area (Å²) < 4.78 is 13.6. The Bertz CT molecular complexity index is 776. The molecular formula is C22H29N3O3. The average molecular weight is 383 g/mol. The molecule has 2 aromatic rings. The van der Waals surface area contributed by atoms with Gasteiger partial charge in [-0.1, -0.05) is 18.2 Å². The second-order valence-electron chi connectivity index (χ2n) is 7.75. The highest BCUT2D eigenvalue weighted by atomic mass is 16.5. The van der Waals surface area contributed by atoms with E-state index in [4.69, 9.17) is 9.47 Å². The number of rotatable bonds is 5. The van der Waals surface area contributed by atoms with Crippen LogP contribution in [0.5, 0.6) is 0 Å². The van der Waals surface area contributed by atoms with E-state index in [0.29, 0.717) is 25.4 Å². The normalized spacial score (nSPS) is 21.0. The number of aromatic nitrogens is 2. The van der Waals surface area contributed by atoms with Gasteiger partial charge in [-0.15, -0.1) is 0 Å². The summed E-state index contributed by atoms with van der Waals surface area (Å²) in [5.74, 6) is 0.0150. The molecule has 2 fully saturated rings. The van der Waals surface area contributed by atoms with Crippen molar-refractivity contribution >= 4 is 5.91 Å². The van der Waals surface area contributed by atoms with Crippen LogP contribution >= 0.6 is 0 Å². The Kier molecular flexibility index (Phi) is 6.07. The predicted octanol–water partition coefficient (Wildman–Crippen LogP) is 3.37. The van der Waals surface area contributed by atoms with Crippen LogP contribution in [0.15, 0.2) is 36.5 Å². The summed E-state index contributed by atoms with van der Waals surface area (Å²) in [4.78, 5) is 14.9. The highest BCUT2D eigenvalue weighted by Gasteiger charge is 2.27. The molecule has 6 heteroatoms. The predicted molar refractivity (Wildman–Crippen MR) is 107 cm³/mol. The average Bonchev–Trinajstić information content (AvgIpc) is 3.15. The molecular weight excluding hydrogens is 354 g/mol. The van der Waals surface area contributed by atoms with E-state index < -0.39 is 0 Å². The minimum atomic E-state index is 0.0150. The maximum absolute atomic E-state index is 13.0. The van der Waals surface area contributed by atoms with Gasteiger partial charge in [0.05, 0.1) is 24.5 Å². The van der Waals surface area contributed by atoms with E-state index in [0.717, 1.165) is 43.5 Å². The number of hydrogen-bond donors (Lipinski definition) is 0. The van der Waals surface area contributed by atoms with Crippen LogP contribution in [0.4, 0.5) is 0 Å². The van der Waals surface area contributed by atoms with Crippen molar-refractivity contribution in [2.45, 2.75) is 51.2 Å². The van der Waals surface area contributed by atoms with Crippen LogP contribution in [0.2, 0.25) is 0 Å². The lowest BCUT2D eigenvalue weighted by molar-refractivity contribution is -0.0733. The highest BCUT2D eigenvalue weighted by molar-refractivity contribution is 5.93. The largest absolute Gasteiger partial charge is 0.376 e. The molecule has 4 rings (SSSR count). The van der Waals surface area contributed by atoms with Gasteiger partial charge in [0, 0.05) is 31.5 Å². The SMILES string of the molecule is Cc1cn(-c2ccccc2)nc1C(=O)N1CCC(OCC2CCCCO2)CC1. The van der Waals surface area contributed by atoms with E-state index in [2.05, 4.69) is 5.10 Å². The molecule has 6 nitrogen and oxygen atoms in total. The van der Waals surface area contributed by atoms with Crippen molar-refractivity contribution < 1.29 is 14.3 Å². The molecule has 1 atom stereocenters. The van der Waals surface area contributed by atoms with Crippen LogP contribution in [-0.2, 0) is 9.47 Å². The number of piperidine rings is 1. The number of benzene rings is 1. The van der Waals surface area contributed by atoms with E-state index in [1.54, 1.807) is 4.68 Å². The molecule has 0 saturated carbocycles. The molecule has 2 aliphatic rings. The van der Waals surface area contributed by atoms with Gasteiger partial charge in [-0.05, 0) is 51.2 Å². The number of aryl methyl sites for hydroxylation is 1. The van der Waals surface area contributed by atoms with Gasteiger partial charge in [0.1, 0.15) is 0 Å². The Morgan fingerprint density at radius 2 is 1.96 bits per heavy atom. The number of amides is 1. The van der Waals surface area contributed by atoms with E-state index in [1.165, 1.54) is 6.42 Å². The maximum Gasteiger partial charge on any atom is 0.274 e.